The normalized spacial score (nSPS) is 14.5. The van der Waals surface area contributed by atoms with E-state index >= 15 is 0 Å². The molecule has 0 unspecified atom stereocenters. The van der Waals surface area contributed by atoms with Crippen LogP contribution in [0.5, 0.6) is 0 Å². The molecule has 1 aliphatic rings. The smallest absolute Gasteiger partial charge is 0.271 e. The molecule has 4 heterocycles. The molecule has 3 aromatic rings. The van der Waals surface area contributed by atoms with E-state index in [4.69, 9.17) is 0 Å². The molecule has 0 amide bonds. The first-order valence-electron chi connectivity index (χ1n) is 7.08. The number of fused-ring (bicyclic) bond motifs is 2. The van der Waals surface area contributed by atoms with Crippen LogP contribution in [0, 0.1) is 6.92 Å². The van der Waals surface area contributed by atoms with Gasteiger partial charge in [0.1, 0.15) is 10.5 Å². The number of rotatable bonds is 2. The number of hydrogen-bond acceptors (Lipinski definition) is 5. The summed E-state index contributed by atoms with van der Waals surface area (Å²) < 4.78 is 4.48. The molecule has 108 valence electrons. The summed E-state index contributed by atoms with van der Waals surface area (Å²) in [6.45, 7) is 3.36. The van der Waals surface area contributed by atoms with Crippen LogP contribution in [0.15, 0.2) is 16.5 Å². The maximum absolute atomic E-state index is 12.5. The Labute approximate surface area is 125 Å². The van der Waals surface area contributed by atoms with Gasteiger partial charge in [0, 0.05) is 13.0 Å². The van der Waals surface area contributed by atoms with Crippen molar-refractivity contribution in [1.29, 1.82) is 0 Å². The molecule has 3 aromatic heterocycles. The third kappa shape index (κ3) is 1.99. The minimum atomic E-state index is 0.00580. The molecule has 0 aromatic carbocycles. The predicted molar refractivity (Wildman–Crippen MR) is 80.7 cm³/mol. The standard InChI is InChI=1S/C14H15N5OS/c1-9-7-21-13-12(9)15-8-18(14(13)20)6-11-17-16-10-4-2-3-5-19(10)11/h7-8H,2-6H2,1H3. The zero-order valence-corrected chi connectivity index (χ0v) is 12.6. The number of aromatic nitrogens is 5. The van der Waals surface area contributed by atoms with Crippen molar-refractivity contribution in [2.24, 2.45) is 0 Å². The molecule has 0 spiro atoms. The van der Waals surface area contributed by atoms with E-state index < -0.39 is 0 Å². The van der Waals surface area contributed by atoms with Crippen LogP contribution in [-0.2, 0) is 19.5 Å². The van der Waals surface area contributed by atoms with Gasteiger partial charge in [-0.25, -0.2) is 4.98 Å². The quantitative estimate of drug-likeness (QED) is 0.723. The minimum Gasteiger partial charge on any atom is -0.313 e. The Kier molecular flexibility index (Phi) is 2.88. The number of thiophene rings is 1. The highest BCUT2D eigenvalue weighted by Crippen LogP contribution is 2.20. The number of hydrogen-bond donors (Lipinski definition) is 0. The maximum atomic E-state index is 12.5. The van der Waals surface area contributed by atoms with Gasteiger partial charge >= 0.3 is 0 Å². The van der Waals surface area contributed by atoms with Crippen LogP contribution in [0.4, 0.5) is 0 Å². The molecule has 7 heteroatoms. The monoisotopic (exact) mass is 301 g/mol. The second-order valence-electron chi connectivity index (χ2n) is 5.42. The molecule has 6 nitrogen and oxygen atoms in total. The van der Waals surface area contributed by atoms with Crippen molar-refractivity contribution in [3.63, 3.8) is 0 Å². The van der Waals surface area contributed by atoms with Gasteiger partial charge in [-0.2, -0.15) is 0 Å². The average Bonchev–Trinajstić information content (AvgIpc) is 3.07. The van der Waals surface area contributed by atoms with Crippen molar-refractivity contribution >= 4 is 21.6 Å². The highest BCUT2D eigenvalue weighted by atomic mass is 32.1. The van der Waals surface area contributed by atoms with Crippen LogP contribution < -0.4 is 5.56 Å². The third-order valence-corrected chi connectivity index (χ3v) is 5.05. The first kappa shape index (κ1) is 12.7. The molecule has 0 atom stereocenters. The van der Waals surface area contributed by atoms with Crippen LogP contribution in [-0.4, -0.2) is 24.3 Å². The Morgan fingerprint density at radius 1 is 1.33 bits per heavy atom. The zero-order valence-electron chi connectivity index (χ0n) is 11.7. The fourth-order valence-corrected chi connectivity index (χ4v) is 3.76. The maximum Gasteiger partial charge on any atom is 0.271 e. The van der Waals surface area contributed by atoms with Gasteiger partial charge in [0.2, 0.25) is 0 Å². The summed E-state index contributed by atoms with van der Waals surface area (Å²) in [5.74, 6) is 1.88. The van der Waals surface area contributed by atoms with Crippen LogP contribution >= 0.6 is 11.3 Å². The van der Waals surface area contributed by atoms with Gasteiger partial charge in [-0.1, -0.05) is 0 Å². The Hall–Kier alpha value is -2.02. The van der Waals surface area contributed by atoms with Crippen LogP contribution in [0.25, 0.3) is 10.2 Å². The molecule has 0 radical (unpaired) electrons. The van der Waals surface area contributed by atoms with Crippen molar-refractivity contribution < 1.29 is 0 Å². The van der Waals surface area contributed by atoms with Crippen molar-refractivity contribution in [3.05, 3.63) is 39.3 Å². The lowest BCUT2D eigenvalue weighted by Gasteiger charge is -2.15. The van der Waals surface area contributed by atoms with Crippen LogP contribution in [0.2, 0.25) is 0 Å². The van der Waals surface area contributed by atoms with Gasteiger partial charge in [-0.15, -0.1) is 21.5 Å². The minimum absolute atomic E-state index is 0.00580. The fourth-order valence-electron chi connectivity index (χ4n) is 2.81. The zero-order chi connectivity index (χ0) is 14.4. The molecule has 1 aliphatic heterocycles. The van der Waals surface area contributed by atoms with E-state index in [9.17, 15) is 4.79 Å². The molecule has 0 saturated heterocycles. The van der Waals surface area contributed by atoms with E-state index in [1.54, 1.807) is 10.9 Å². The van der Waals surface area contributed by atoms with Crippen molar-refractivity contribution in [2.75, 3.05) is 0 Å². The lowest BCUT2D eigenvalue weighted by Crippen LogP contribution is -2.23. The largest absolute Gasteiger partial charge is 0.313 e. The van der Waals surface area contributed by atoms with Crippen molar-refractivity contribution in [2.45, 2.75) is 39.3 Å². The summed E-state index contributed by atoms with van der Waals surface area (Å²) in [5, 5.41) is 10.5. The summed E-state index contributed by atoms with van der Waals surface area (Å²) in [6.07, 6.45) is 4.91. The molecule has 21 heavy (non-hydrogen) atoms. The lowest BCUT2D eigenvalue weighted by atomic mass is 10.2. The summed E-state index contributed by atoms with van der Waals surface area (Å²) in [7, 11) is 0. The van der Waals surface area contributed by atoms with Gasteiger partial charge in [0.15, 0.2) is 5.82 Å². The predicted octanol–water partition coefficient (Wildman–Crippen LogP) is 1.74. The molecule has 0 bridgehead atoms. The summed E-state index contributed by atoms with van der Waals surface area (Å²) in [4.78, 5) is 16.9. The van der Waals surface area contributed by atoms with Gasteiger partial charge in [0.05, 0.1) is 18.4 Å². The van der Waals surface area contributed by atoms with Gasteiger partial charge < -0.3 is 4.57 Å². The van der Waals surface area contributed by atoms with Crippen LogP contribution in [0.1, 0.15) is 30.1 Å². The van der Waals surface area contributed by atoms with E-state index in [2.05, 4.69) is 19.7 Å². The molecule has 0 aliphatic carbocycles. The van der Waals surface area contributed by atoms with E-state index in [0.717, 1.165) is 42.1 Å². The summed E-state index contributed by atoms with van der Waals surface area (Å²) in [5.41, 5.74) is 1.87. The first-order chi connectivity index (χ1) is 10.2. The second kappa shape index (κ2) is 4.77. The molecule has 0 saturated carbocycles. The topological polar surface area (TPSA) is 65.6 Å². The Morgan fingerprint density at radius 3 is 3.14 bits per heavy atom. The fraction of sp³-hybridized carbons (Fsp3) is 0.429. The highest BCUT2D eigenvalue weighted by molar-refractivity contribution is 7.17. The Bertz CT molecular complexity index is 875. The first-order valence-corrected chi connectivity index (χ1v) is 7.96. The highest BCUT2D eigenvalue weighted by Gasteiger charge is 2.17. The number of aryl methyl sites for hydroxylation is 2. The van der Waals surface area contributed by atoms with Gasteiger partial charge in [-0.3, -0.25) is 9.36 Å². The van der Waals surface area contributed by atoms with Crippen molar-refractivity contribution in [1.82, 2.24) is 24.3 Å². The molecular formula is C14H15N5OS. The van der Waals surface area contributed by atoms with E-state index in [-0.39, 0.29) is 5.56 Å². The van der Waals surface area contributed by atoms with Crippen molar-refractivity contribution in [3.8, 4) is 0 Å². The van der Waals surface area contributed by atoms with E-state index in [1.807, 2.05) is 12.3 Å². The lowest BCUT2D eigenvalue weighted by molar-refractivity contribution is 0.500. The second-order valence-corrected chi connectivity index (χ2v) is 6.29. The molecule has 0 N–H and O–H groups in total. The number of nitrogens with zero attached hydrogens (tertiary/aromatic N) is 5. The third-order valence-electron chi connectivity index (χ3n) is 3.97. The summed E-state index contributed by atoms with van der Waals surface area (Å²) in [6, 6.07) is 0. The Balaban J connectivity index is 1.76. The van der Waals surface area contributed by atoms with E-state index in [1.165, 1.54) is 17.8 Å². The summed E-state index contributed by atoms with van der Waals surface area (Å²) >= 11 is 1.46. The van der Waals surface area contributed by atoms with Gasteiger partial charge in [0.25, 0.3) is 5.56 Å². The molecule has 0 fully saturated rings. The van der Waals surface area contributed by atoms with Crippen LogP contribution in [0.3, 0.4) is 0 Å². The Morgan fingerprint density at radius 2 is 2.24 bits per heavy atom. The molecule has 4 rings (SSSR count). The SMILES string of the molecule is Cc1csc2c(=O)n(Cc3nnc4n3CCCC4)cnc12. The average molecular weight is 301 g/mol. The van der Waals surface area contributed by atoms with E-state index in [0.29, 0.717) is 11.2 Å². The molecular weight excluding hydrogens is 286 g/mol. The van der Waals surface area contributed by atoms with Gasteiger partial charge in [-0.05, 0) is 30.7 Å².